The van der Waals surface area contributed by atoms with Crippen LogP contribution in [0, 0.1) is 5.92 Å². The summed E-state index contributed by atoms with van der Waals surface area (Å²) in [5.41, 5.74) is 0.922. The lowest BCUT2D eigenvalue weighted by Gasteiger charge is -2.37. The van der Waals surface area contributed by atoms with Crippen molar-refractivity contribution < 1.29 is 18.3 Å². The van der Waals surface area contributed by atoms with Gasteiger partial charge in [0.05, 0.1) is 19.1 Å². The molecule has 0 saturated carbocycles. The molecular formula is C16H18F2N4O2. The van der Waals surface area contributed by atoms with Gasteiger partial charge in [-0.2, -0.15) is 5.10 Å². The van der Waals surface area contributed by atoms with Crippen LogP contribution in [0.4, 0.5) is 8.78 Å². The van der Waals surface area contributed by atoms with Crippen molar-refractivity contribution in [1.29, 1.82) is 0 Å². The lowest BCUT2D eigenvalue weighted by atomic mass is 9.94. The highest BCUT2D eigenvalue weighted by Crippen LogP contribution is 2.34. The summed E-state index contributed by atoms with van der Waals surface area (Å²) in [5.74, 6) is -4.25. The minimum atomic E-state index is -2.85. The highest BCUT2D eigenvalue weighted by molar-refractivity contribution is 5.90. The Balaban J connectivity index is 1.58. The molecule has 1 fully saturated rings. The van der Waals surface area contributed by atoms with Crippen molar-refractivity contribution in [1.82, 2.24) is 20.1 Å². The Kier molecular flexibility index (Phi) is 4.84. The van der Waals surface area contributed by atoms with E-state index in [1.807, 2.05) is 30.3 Å². The van der Waals surface area contributed by atoms with E-state index >= 15 is 0 Å². The lowest BCUT2D eigenvalue weighted by molar-refractivity contribution is -0.124. The van der Waals surface area contributed by atoms with Crippen LogP contribution in [0.5, 0.6) is 0 Å². The van der Waals surface area contributed by atoms with Crippen molar-refractivity contribution >= 4 is 5.91 Å². The molecule has 1 N–H and O–H groups in total. The fourth-order valence-electron chi connectivity index (χ4n) is 2.69. The molecule has 2 aromatic rings. The number of amides is 1. The molecule has 1 aromatic heterocycles. The fourth-order valence-corrected chi connectivity index (χ4v) is 2.69. The van der Waals surface area contributed by atoms with E-state index in [9.17, 15) is 13.6 Å². The number of aromatic nitrogens is 3. The molecule has 1 amide bonds. The van der Waals surface area contributed by atoms with Gasteiger partial charge in [-0.15, -0.1) is 0 Å². The van der Waals surface area contributed by atoms with Crippen LogP contribution in [0.1, 0.15) is 22.6 Å². The predicted octanol–water partition coefficient (Wildman–Crippen LogP) is 2.12. The molecule has 1 atom stereocenters. The summed E-state index contributed by atoms with van der Waals surface area (Å²) >= 11 is 0. The van der Waals surface area contributed by atoms with Crippen LogP contribution in [0.2, 0.25) is 0 Å². The number of likely N-dealkylation sites (tertiary alicyclic amines) is 1. The number of hydrogen-bond acceptors (Lipinski definition) is 4. The third-order valence-corrected chi connectivity index (χ3v) is 4.09. The number of ether oxygens (including phenoxy) is 1. The van der Waals surface area contributed by atoms with Gasteiger partial charge < -0.3 is 9.64 Å². The van der Waals surface area contributed by atoms with Crippen LogP contribution in [0.15, 0.2) is 36.7 Å². The molecule has 1 unspecified atom stereocenters. The Morgan fingerprint density at radius 1 is 1.38 bits per heavy atom. The van der Waals surface area contributed by atoms with Gasteiger partial charge in [0.2, 0.25) is 5.82 Å². The van der Waals surface area contributed by atoms with E-state index in [1.165, 1.54) is 11.2 Å². The van der Waals surface area contributed by atoms with Gasteiger partial charge in [0, 0.05) is 19.5 Å². The maximum Gasteiger partial charge on any atom is 0.291 e. The number of carbonyl (C=O) groups is 1. The van der Waals surface area contributed by atoms with Gasteiger partial charge in [-0.25, -0.2) is 13.8 Å². The van der Waals surface area contributed by atoms with Gasteiger partial charge in [0.25, 0.3) is 11.8 Å². The first-order chi connectivity index (χ1) is 11.6. The summed E-state index contributed by atoms with van der Waals surface area (Å²) in [4.78, 5) is 17.4. The average Bonchev–Trinajstić information content (AvgIpc) is 3.11. The second-order valence-corrected chi connectivity index (χ2v) is 5.79. The van der Waals surface area contributed by atoms with Crippen molar-refractivity contribution in [2.24, 2.45) is 5.92 Å². The summed E-state index contributed by atoms with van der Waals surface area (Å²) in [6.07, 6.45) is 0.832. The first kappa shape index (κ1) is 16.5. The van der Waals surface area contributed by atoms with E-state index in [2.05, 4.69) is 15.2 Å². The summed E-state index contributed by atoms with van der Waals surface area (Å²) < 4.78 is 33.7. The number of benzene rings is 1. The number of piperidine rings is 1. The largest absolute Gasteiger partial charge is 0.376 e. The number of hydrogen-bond donors (Lipinski definition) is 1. The summed E-state index contributed by atoms with van der Waals surface area (Å²) in [7, 11) is 0. The molecule has 0 radical (unpaired) electrons. The van der Waals surface area contributed by atoms with Crippen LogP contribution < -0.4 is 0 Å². The molecule has 1 saturated heterocycles. The quantitative estimate of drug-likeness (QED) is 0.908. The van der Waals surface area contributed by atoms with Crippen LogP contribution in [-0.4, -0.2) is 51.6 Å². The van der Waals surface area contributed by atoms with Crippen LogP contribution in [-0.2, 0) is 11.3 Å². The molecule has 2 heterocycles. The normalized spacial score (nSPS) is 20.1. The lowest BCUT2D eigenvalue weighted by Crippen LogP contribution is -2.51. The Morgan fingerprint density at radius 2 is 2.17 bits per heavy atom. The van der Waals surface area contributed by atoms with E-state index in [4.69, 9.17) is 4.74 Å². The van der Waals surface area contributed by atoms with Gasteiger partial charge in [-0.1, -0.05) is 30.3 Å². The maximum atomic E-state index is 14.1. The number of aromatic amines is 1. The van der Waals surface area contributed by atoms with Crippen LogP contribution in [0.3, 0.4) is 0 Å². The molecule has 24 heavy (non-hydrogen) atoms. The zero-order chi connectivity index (χ0) is 17.0. The summed E-state index contributed by atoms with van der Waals surface area (Å²) in [6, 6.07) is 9.36. The molecule has 1 aliphatic heterocycles. The maximum absolute atomic E-state index is 14.1. The minimum Gasteiger partial charge on any atom is -0.376 e. The molecule has 1 aromatic carbocycles. The Bertz CT molecular complexity index is 664. The van der Waals surface area contributed by atoms with E-state index in [1.54, 1.807) is 0 Å². The molecular weight excluding hydrogens is 318 g/mol. The van der Waals surface area contributed by atoms with E-state index in [0.29, 0.717) is 0 Å². The van der Waals surface area contributed by atoms with Crippen molar-refractivity contribution in [3.63, 3.8) is 0 Å². The van der Waals surface area contributed by atoms with Gasteiger partial charge >= 0.3 is 0 Å². The number of carbonyl (C=O) groups excluding carboxylic acids is 1. The first-order valence-corrected chi connectivity index (χ1v) is 7.70. The standard InChI is InChI=1S/C16H18F2N4O2/c17-16(18)6-7-22(15(23)14-19-11-20-21-14)8-13(16)10-24-9-12-4-2-1-3-5-12/h1-5,11,13H,6-10H2,(H,19,20,21). The molecule has 1 aliphatic rings. The zero-order valence-electron chi connectivity index (χ0n) is 13.0. The SMILES string of the molecule is O=C(c1ncn[nH]1)N1CCC(F)(F)C(COCc2ccccc2)C1. The number of nitrogens with one attached hydrogen (secondary N) is 1. The number of rotatable bonds is 5. The summed E-state index contributed by atoms with van der Waals surface area (Å²) in [5, 5.41) is 6.08. The molecule has 0 aliphatic carbocycles. The molecule has 128 valence electrons. The van der Waals surface area contributed by atoms with Gasteiger partial charge in [0.15, 0.2) is 0 Å². The molecule has 0 bridgehead atoms. The Labute approximate surface area is 137 Å². The first-order valence-electron chi connectivity index (χ1n) is 7.70. The summed E-state index contributed by atoms with van der Waals surface area (Å²) in [6.45, 7) is 0.0780. The van der Waals surface area contributed by atoms with Crippen molar-refractivity contribution in [3.8, 4) is 0 Å². The predicted molar refractivity (Wildman–Crippen MR) is 81.4 cm³/mol. The van der Waals surface area contributed by atoms with E-state index < -0.39 is 17.7 Å². The third kappa shape index (κ3) is 3.76. The van der Waals surface area contributed by atoms with Crippen molar-refractivity contribution in [2.75, 3.05) is 19.7 Å². The molecule has 8 heteroatoms. The minimum absolute atomic E-state index is 0.0122. The second-order valence-electron chi connectivity index (χ2n) is 5.79. The highest BCUT2D eigenvalue weighted by atomic mass is 19.3. The third-order valence-electron chi connectivity index (χ3n) is 4.09. The molecule has 0 spiro atoms. The van der Waals surface area contributed by atoms with Gasteiger partial charge in [-0.3, -0.25) is 9.89 Å². The van der Waals surface area contributed by atoms with Crippen molar-refractivity contribution in [2.45, 2.75) is 19.0 Å². The van der Waals surface area contributed by atoms with Crippen LogP contribution in [0.25, 0.3) is 0 Å². The zero-order valence-corrected chi connectivity index (χ0v) is 13.0. The fraction of sp³-hybridized carbons (Fsp3) is 0.438. The Hall–Kier alpha value is -2.35. The topological polar surface area (TPSA) is 71.1 Å². The highest BCUT2D eigenvalue weighted by Gasteiger charge is 2.45. The Morgan fingerprint density at radius 3 is 2.88 bits per heavy atom. The molecule has 3 rings (SSSR count). The van der Waals surface area contributed by atoms with Crippen LogP contribution >= 0.6 is 0 Å². The van der Waals surface area contributed by atoms with E-state index in [-0.39, 0.29) is 38.5 Å². The number of nitrogens with zero attached hydrogens (tertiary/aromatic N) is 3. The number of halogens is 2. The second kappa shape index (κ2) is 7.04. The monoisotopic (exact) mass is 336 g/mol. The van der Waals surface area contributed by atoms with E-state index in [0.717, 1.165) is 5.56 Å². The number of H-pyrrole nitrogens is 1. The smallest absolute Gasteiger partial charge is 0.291 e. The van der Waals surface area contributed by atoms with Gasteiger partial charge in [0.1, 0.15) is 6.33 Å². The van der Waals surface area contributed by atoms with Gasteiger partial charge in [-0.05, 0) is 5.56 Å². The molecule has 6 nitrogen and oxygen atoms in total. The van der Waals surface area contributed by atoms with Crippen molar-refractivity contribution in [3.05, 3.63) is 48.0 Å². The number of alkyl halides is 2. The average molecular weight is 336 g/mol.